The first-order valence-corrected chi connectivity index (χ1v) is 6.18. The molecule has 0 aliphatic heterocycles. The van der Waals surface area contributed by atoms with Gasteiger partial charge in [0.2, 0.25) is 0 Å². The minimum atomic E-state index is -4.46. The molecule has 0 fully saturated rings. The summed E-state index contributed by atoms with van der Waals surface area (Å²) in [7, 11) is 0. The second-order valence-electron chi connectivity index (χ2n) is 4.73. The van der Waals surface area contributed by atoms with Crippen LogP contribution in [0, 0.1) is 5.41 Å². The Bertz CT molecular complexity index is 522. The van der Waals surface area contributed by atoms with E-state index in [0.717, 1.165) is 24.3 Å². The van der Waals surface area contributed by atoms with Crippen LogP contribution in [0.1, 0.15) is 25.0 Å². The largest absolute Gasteiger partial charge is 0.480 e. The van der Waals surface area contributed by atoms with E-state index in [-0.39, 0.29) is 13.0 Å². The van der Waals surface area contributed by atoms with E-state index in [1.54, 1.807) is 0 Å². The van der Waals surface area contributed by atoms with Crippen LogP contribution in [0.25, 0.3) is 0 Å². The maximum atomic E-state index is 12.4. The van der Waals surface area contributed by atoms with Crippen LogP contribution >= 0.6 is 0 Å². The van der Waals surface area contributed by atoms with Crippen LogP contribution in [-0.2, 0) is 26.9 Å². The summed E-state index contributed by atoms with van der Waals surface area (Å²) >= 11 is 0. The average Bonchev–Trinajstić information content (AvgIpc) is 2.38. The Morgan fingerprint density at radius 3 is 2.10 bits per heavy atom. The lowest BCUT2D eigenvalue weighted by Crippen LogP contribution is -2.40. The molecule has 0 aliphatic rings. The monoisotopic (exact) mass is 304 g/mol. The highest BCUT2D eigenvalue weighted by molar-refractivity contribution is 5.99. The standard InChI is InChI=1S/C14H15F3O4/c1-3-21-12(20)13(2,11(18)19)8-9-4-6-10(7-5-9)14(15,16)17/h4-7H,3,8H2,1-2H3,(H,18,19). The number of carbonyl (C=O) groups excluding carboxylic acids is 1. The molecular weight excluding hydrogens is 289 g/mol. The molecule has 1 aromatic carbocycles. The van der Waals surface area contributed by atoms with Gasteiger partial charge < -0.3 is 9.84 Å². The number of benzene rings is 1. The number of hydrogen-bond acceptors (Lipinski definition) is 3. The van der Waals surface area contributed by atoms with E-state index in [4.69, 9.17) is 4.74 Å². The van der Waals surface area contributed by atoms with Gasteiger partial charge in [-0.05, 0) is 38.0 Å². The summed E-state index contributed by atoms with van der Waals surface area (Å²) in [4.78, 5) is 23.0. The summed E-state index contributed by atoms with van der Waals surface area (Å²) in [6.07, 6.45) is -4.71. The van der Waals surface area contributed by atoms with Gasteiger partial charge in [-0.25, -0.2) is 0 Å². The number of ether oxygens (including phenoxy) is 1. The summed E-state index contributed by atoms with van der Waals surface area (Å²) in [5.74, 6) is -2.31. The zero-order valence-corrected chi connectivity index (χ0v) is 11.5. The number of hydrogen-bond donors (Lipinski definition) is 1. The molecule has 4 nitrogen and oxygen atoms in total. The van der Waals surface area contributed by atoms with Crippen molar-refractivity contribution in [3.8, 4) is 0 Å². The molecule has 116 valence electrons. The van der Waals surface area contributed by atoms with Gasteiger partial charge in [0.15, 0.2) is 5.41 Å². The van der Waals surface area contributed by atoms with Crippen LogP contribution in [0.15, 0.2) is 24.3 Å². The highest BCUT2D eigenvalue weighted by Gasteiger charge is 2.43. The third-order valence-corrected chi connectivity index (χ3v) is 3.04. The SMILES string of the molecule is CCOC(=O)C(C)(Cc1ccc(C(F)(F)F)cc1)C(=O)O. The molecule has 1 N–H and O–H groups in total. The van der Waals surface area contributed by atoms with Crippen LogP contribution in [0.2, 0.25) is 0 Å². The molecule has 0 saturated heterocycles. The van der Waals surface area contributed by atoms with Gasteiger partial charge in [-0.2, -0.15) is 13.2 Å². The normalized spacial score (nSPS) is 14.3. The number of aliphatic carboxylic acids is 1. The summed E-state index contributed by atoms with van der Waals surface area (Å²) in [5.41, 5.74) is -2.36. The summed E-state index contributed by atoms with van der Waals surface area (Å²) in [5, 5.41) is 9.19. The first kappa shape index (κ1) is 17.0. The minimum absolute atomic E-state index is 0.0225. The number of carboxylic acids is 1. The summed E-state index contributed by atoms with van der Waals surface area (Å²) in [6.45, 7) is 2.75. The second kappa shape index (κ2) is 6.15. The lowest BCUT2D eigenvalue weighted by atomic mass is 9.83. The van der Waals surface area contributed by atoms with Crippen molar-refractivity contribution in [3.05, 3.63) is 35.4 Å². The van der Waals surface area contributed by atoms with E-state index in [9.17, 15) is 27.9 Å². The molecule has 0 spiro atoms. The number of carboxylic acid groups (broad SMARTS) is 1. The smallest absolute Gasteiger partial charge is 0.416 e. The fourth-order valence-corrected chi connectivity index (χ4v) is 1.75. The van der Waals surface area contributed by atoms with Crippen molar-refractivity contribution in [1.29, 1.82) is 0 Å². The van der Waals surface area contributed by atoms with Crippen molar-refractivity contribution >= 4 is 11.9 Å². The van der Waals surface area contributed by atoms with E-state index in [0.29, 0.717) is 5.56 Å². The molecule has 0 aliphatic carbocycles. The van der Waals surface area contributed by atoms with Crippen LogP contribution < -0.4 is 0 Å². The van der Waals surface area contributed by atoms with Crippen LogP contribution in [-0.4, -0.2) is 23.7 Å². The number of alkyl halides is 3. The predicted octanol–water partition coefficient (Wildman–Crippen LogP) is 2.90. The fourth-order valence-electron chi connectivity index (χ4n) is 1.75. The average molecular weight is 304 g/mol. The van der Waals surface area contributed by atoms with Gasteiger partial charge in [-0.15, -0.1) is 0 Å². The highest BCUT2D eigenvalue weighted by Crippen LogP contribution is 2.31. The third-order valence-electron chi connectivity index (χ3n) is 3.04. The topological polar surface area (TPSA) is 63.6 Å². The van der Waals surface area contributed by atoms with Crippen molar-refractivity contribution < 1.29 is 32.6 Å². The third kappa shape index (κ3) is 3.96. The summed E-state index contributed by atoms with van der Waals surface area (Å²) in [6, 6.07) is 4.01. The molecule has 0 radical (unpaired) electrons. The number of rotatable bonds is 5. The first-order chi connectivity index (χ1) is 9.61. The molecule has 0 aromatic heterocycles. The molecule has 0 bridgehead atoms. The molecule has 1 atom stereocenters. The van der Waals surface area contributed by atoms with Crippen molar-refractivity contribution in [2.45, 2.75) is 26.4 Å². The number of carbonyl (C=O) groups is 2. The van der Waals surface area contributed by atoms with Gasteiger partial charge in [0, 0.05) is 0 Å². The Morgan fingerprint density at radius 2 is 1.71 bits per heavy atom. The predicted molar refractivity (Wildman–Crippen MR) is 67.5 cm³/mol. The molecule has 0 heterocycles. The van der Waals surface area contributed by atoms with Gasteiger partial charge in [-0.3, -0.25) is 9.59 Å². The van der Waals surface area contributed by atoms with Gasteiger partial charge >= 0.3 is 18.1 Å². The van der Waals surface area contributed by atoms with Crippen LogP contribution in [0.4, 0.5) is 13.2 Å². The van der Waals surface area contributed by atoms with Crippen LogP contribution in [0.3, 0.4) is 0 Å². The lowest BCUT2D eigenvalue weighted by molar-refractivity contribution is -0.167. The Balaban J connectivity index is 3.00. The fraction of sp³-hybridized carbons (Fsp3) is 0.429. The van der Waals surface area contributed by atoms with E-state index in [1.165, 1.54) is 13.8 Å². The molecular formula is C14H15F3O4. The van der Waals surface area contributed by atoms with Gasteiger partial charge in [0.05, 0.1) is 12.2 Å². The second-order valence-corrected chi connectivity index (χ2v) is 4.73. The number of halogens is 3. The maximum absolute atomic E-state index is 12.4. The zero-order valence-electron chi connectivity index (χ0n) is 11.5. The van der Waals surface area contributed by atoms with Crippen molar-refractivity contribution in [2.24, 2.45) is 5.41 Å². The molecule has 0 amide bonds. The van der Waals surface area contributed by atoms with Crippen molar-refractivity contribution in [2.75, 3.05) is 6.61 Å². The molecule has 1 rings (SSSR count). The number of esters is 1. The lowest BCUT2D eigenvalue weighted by Gasteiger charge is -2.22. The summed E-state index contributed by atoms with van der Waals surface area (Å²) < 4.78 is 42.1. The van der Waals surface area contributed by atoms with E-state index in [1.807, 2.05) is 0 Å². The van der Waals surface area contributed by atoms with Gasteiger partial charge in [0.1, 0.15) is 0 Å². The maximum Gasteiger partial charge on any atom is 0.416 e. The van der Waals surface area contributed by atoms with E-state index in [2.05, 4.69) is 0 Å². The Morgan fingerprint density at radius 1 is 1.19 bits per heavy atom. The quantitative estimate of drug-likeness (QED) is 0.671. The van der Waals surface area contributed by atoms with Gasteiger partial charge in [-0.1, -0.05) is 12.1 Å². The zero-order chi connectivity index (χ0) is 16.3. The van der Waals surface area contributed by atoms with Gasteiger partial charge in [0.25, 0.3) is 0 Å². The highest BCUT2D eigenvalue weighted by atomic mass is 19.4. The molecule has 7 heteroatoms. The van der Waals surface area contributed by atoms with Crippen LogP contribution in [0.5, 0.6) is 0 Å². The molecule has 0 saturated carbocycles. The first-order valence-electron chi connectivity index (χ1n) is 6.18. The molecule has 1 unspecified atom stereocenters. The Hall–Kier alpha value is -2.05. The van der Waals surface area contributed by atoms with Crippen molar-refractivity contribution in [3.63, 3.8) is 0 Å². The Labute approximate surface area is 119 Å². The minimum Gasteiger partial charge on any atom is -0.480 e. The van der Waals surface area contributed by atoms with E-state index < -0.39 is 29.1 Å². The molecule has 1 aromatic rings. The Kier molecular flexibility index (Phi) is 4.98. The molecule has 21 heavy (non-hydrogen) atoms. The van der Waals surface area contributed by atoms with Crippen molar-refractivity contribution in [1.82, 2.24) is 0 Å². The van der Waals surface area contributed by atoms with E-state index >= 15 is 0 Å².